The summed E-state index contributed by atoms with van der Waals surface area (Å²) in [5.41, 5.74) is 0.522. The third kappa shape index (κ3) is 8.89. The lowest BCUT2D eigenvalue weighted by atomic mass is 10.1. The van der Waals surface area contributed by atoms with Crippen molar-refractivity contribution >= 4 is 72.7 Å². The van der Waals surface area contributed by atoms with E-state index in [1.807, 2.05) is 0 Å². The number of aryl methyl sites for hydroxylation is 4. The van der Waals surface area contributed by atoms with Gasteiger partial charge in [0.05, 0.1) is 51.9 Å². The lowest BCUT2D eigenvalue weighted by Gasteiger charge is -2.36. The minimum absolute atomic E-state index is 0.0417. The molecule has 1 amide bonds. The van der Waals surface area contributed by atoms with Crippen molar-refractivity contribution in [3.63, 3.8) is 0 Å². The fraction of sp³-hybridized carbons (Fsp3) is 0.293. The monoisotopic (exact) mass is 915 g/mol. The summed E-state index contributed by atoms with van der Waals surface area (Å²) in [5, 5.41) is 9.87. The van der Waals surface area contributed by atoms with E-state index in [0.717, 1.165) is 17.0 Å². The van der Waals surface area contributed by atoms with Gasteiger partial charge in [-0.05, 0) is 83.1 Å². The molecule has 4 aromatic carbocycles. The number of nitrogens with zero attached hydrogens (tertiary/aromatic N) is 6. The highest BCUT2D eigenvalue weighted by Crippen LogP contribution is 2.43. The fourth-order valence-corrected chi connectivity index (χ4v) is 8.38. The predicted octanol–water partition coefficient (Wildman–Crippen LogP) is 7.92. The smallest absolute Gasteiger partial charge is 0.412 e. The molecule has 2 aromatic heterocycles. The lowest BCUT2D eigenvalue weighted by molar-refractivity contribution is 0.0128. The normalized spacial score (nSPS) is 13.4. The van der Waals surface area contributed by atoms with Crippen LogP contribution in [-0.4, -0.2) is 74.9 Å². The van der Waals surface area contributed by atoms with Crippen LogP contribution in [0.2, 0.25) is 10.0 Å². The molecule has 1 saturated heterocycles. The number of rotatable bonds is 9. The summed E-state index contributed by atoms with van der Waals surface area (Å²) in [6.07, 6.45) is 1.41. The third-order valence-electron chi connectivity index (χ3n) is 9.93. The Balaban J connectivity index is 0.000000207. The van der Waals surface area contributed by atoms with Crippen molar-refractivity contribution in [3.8, 4) is 23.0 Å². The summed E-state index contributed by atoms with van der Waals surface area (Å²) < 4.78 is 77.0. The van der Waals surface area contributed by atoms with Crippen molar-refractivity contribution in [2.45, 2.75) is 46.3 Å². The highest BCUT2D eigenvalue weighted by Gasteiger charge is 2.37. The Kier molecular flexibility index (Phi) is 12.9. The second-order valence-electron chi connectivity index (χ2n) is 15.2. The van der Waals surface area contributed by atoms with Crippen molar-refractivity contribution in [2.24, 2.45) is 14.1 Å². The number of hydrogen-bond acceptors (Lipinski definition) is 10. The molecular formula is C41H41Cl2F2N7O9S. The molecule has 62 heavy (non-hydrogen) atoms. The lowest BCUT2D eigenvalue weighted by Crippen LogP contribution is -2.55. The molecule has 1 fully saturated rings. The van der Waals surface area contributed by atoms with Gasteiger partial charge in [-0.25, -0.2) is 23.5 Å². The van der Waals surface area contributed by atoms with Crippen LogP contribution in [0.5, 0.6) is 23.0 Å². The van der Waals surface area contributed by atoms with Gasteiger partial charge in [0.2, 0.25) is 0 Å². The van der Waals surface area contributed by atoms with E-state index in [1.54, 1.807) is 73.0 Å². The number of benzene rings is 4. The molecule has 0 radical (unpaired) electrons. The highest BCUT2D eigenvalue weighted by atomic mass is 35.5. The first-order valence-corrected chi connectivity index (χ1v) is 20.8. The Morgan fingerprint density at radius 1 is 0.823 bits per heavy atom. The largest absolute Gasteiger partial charge is 0.465 e. The van der Waals surface area contributed by atoms with Crippen molar-refractivity contribution in [1.29, 1.82) is 0 Å². The Labute approximate surface area is 364 Å². The molecule has 0 bridgehead atoms. The number of nitrogens with one attached hydrogen (secondary N) is 1. The number of fused-ring (bicyclic) bond motifs is 2. The van der Waals surface area contributed by atoms with Gasteiger partial charge in [0.15, 0.2) is 23.1 Å². The second-order valence-corrected chi connectivity index (χ2v) is 17.6. The van der Waals surface area contributed by atoms with E-state index in [2.05, 4.69) is 14.7 Å². The molecule has 6 aromatic rings. The van der Waals surface area contributed by atoms with Crippen LogP contribution in [-0.2, 0) is 29.0 Å². The Hall–Kier alpha value is -5.86. The van der Waals surface area contributed by atoms with Crippen LogP contribution in [0.25, 0.3) is 21.8 Å². The molecular weight excluding hydrogens is 875 g/mol. The molecule has 0 spiro atoms. The standard InChI is InChI=1S/C21H21ClFN3O4.C20H20ClFN4O5S/c1-11-15(9-7-13-16(11)19(27)25(5)10-24-13)30-18-12(23)6-8-14(17(18)22)26(20(28)29)21(2,3)4;1-11-16(7-6-14-17(11)20(27)25(2)10-23-14)31-19-13(22)4-5-15(18(19)21)24-32(28,29)26-8-12(9-26)30-3/h6-10H,1-5H3,(H,28,29);4-7,10,12,24H,8-9H2,1-3H3. The number of anilines is 2. The van der Waals surface area contributed by atoms with Gasteiger partial charge in [0.1, 0.15) is 21.5 Å². The van der Waals surface area contributed by atoms with Gasteiger partial charge in [-0.3, -0.25) is 19.2 Å². The summed E-state index contributed by atoms with van der Waals surface area (Å²) in [5.74, 6) is -1.85. The molecule has 21 heteroatoms. The average molecular weight is 917 g/mol. The minimum Gasteiger partial charge on any atom is -0.465 e. The summed E-state index contributed by atoms with van der Waals surface area (Å²) in [6, 6.07) is 10.9. The number of aromatic nitrogens is 4. The molecule has 0 saturated carbocycles. The van der Waals surface area contributed by atoms with Crippen LogP contribution in [0, 0.1) is 25.5 Å². The molecule has 16 nitrogen and oxygen atoms in total. The van der Waals surface area contributed by atoms with E-state index < -0.39 is 33.5 Å². The van der Waals surface area contributed by atoms with Gasteiger partial charge in [-0.2, -0.15) is 12.7 Å². The number of carboxylic acid groups (broad SMARTS) is 1. The number of halogens is 4. The molecule has 1 aliphatic heterocycles. The van der Waals surface area contributed by atoms with E-state index in [1.165, 1.54) is 45.3 Å². The van der Waals surface area contributed by atoms with Gasteiger partial charge in [-0.1, -0.05) is 23.2 Å². The number of carbonyl (C=O) groups is 1. The van der Waals surface area contributed by atoms with E-state index in [-0.39, 0.29) is 74.7 Å². The second kappa shape index (κ2) is 17.5. The molecule has 0 unspecified atom stereocenters. The maximum absolute atomic E-state index is 14.6. The summed E-state index contributed by atoms with van der Waals surface area (Å²) >= 11 is 12.7. The van der Waals surface area contributed by atoms with Crippen molar-refractivity contribution < 1.29 is 41.3 Å². The first-order chi connectivity index (χ1) is 29.0. The van der Waals surface area contributed by atoms with Crippen LogP contribution in [0.15, 0.2) is 70.8 Å². The first kappa shape index (κ1) is 45.7. The minimum atomic E-state index is -3.90. The quantitative estimate of drug-likeness (QED) is 0.143. The average Bonchev–Trinajstić information content (AvgIpc) is 3.17. The molecule has 328 valence electrons. The van der Waals surface area contributed by atoms with Gasteiger partial charge in [0.25, 0.3) is 11.1 Å². The molecule has 0 aliphatic carbocycles. The summed E-state index contributed by atoms with van der Waals surface area (Å²) in [6.45, 7) is 8.79. The van der Waals surface area contributed by atoms with Gasteiger partial charge < -0.3 is 28.5 Å². The van der Waals surface area contributed by atoms with Crippen LogP contribution in [0.1, 0.15) is 31.9 Å². The van der Waals surface area contributed by atoms with Crippen LogP contribution in [0.4, 0.5) is 25.0 Å². The maximum atomic E-state index is 14.6. The van der Waals surface area contributed by atoms with Crippen LogP contribution >= 0.6 is 23.2 Å². The van der Waals surface area contributed by atoms with E-state index in [0.29, 0.717) is 32.9 Å². The van der Waals surface area contributed by atoms with Crippen LogP contribution in [0.3, 0.4) is 0 Å². The SMILES string of the molecule is COC1CN(S(=O)(=O)Nc2ccc(F)c(Oc3ccc4ncn(C)c(=O)c4c3C)c2Cl)C1.Cc1c(Oc2c(F)ccc(N(C(=O)O)C(C)(C)C)c2Cl)ccc2ncn(C)c(=O)c12. The highest BCUT2D eigenvalue weighted by molar-refractivity contribution is 7.90. The van der Waals surface area contributed by atoms with Crippen molar-refractivity contribution in [3.05, 3.63) is 115 Å². The van der Waals surface area contributed by atoms with Gasteiger partial charge in [0, 0.05) is 51.0 Å². The maximum Gasteiger partial charge on any atom is 0.412 e. The summed E-state index contributed by atoms with van der Waals surface area (Å²) in [7, 11) is 0.748. The zero-order chi connectivity index (χ0) is 45.6. The topological polar surface area (TPSA) is 187 Å². The van der Waals surface area contributed by atoms with Gasteiger partial charge in [-0.15, -0.1) is 0 Å². The molecule has 3 heterocycles. The predicted molar refractivity (Wildman–Crippen MR) is 232 cm³/mol. The van der Waals surface area contributed by atoms with E-state index in [4.69, 9.17) is 37.4 Å². The van der Waals surface area contributed by atoms with Crippen molar-refractivity contribution in [1.82, 2.24) is 23.4 Å². The fourth-order valence-electron chi connectivity index (χ4n) is 6.50. The summed E-state index contributed by atoms with van der Waals surface area (Å²) in [4.78, 5) is 46.3. The molecule has 2 N–H and O–H groups in total. The third-order valence-corrected chi connectivity index (χ3v) is 12.1. The molecule has 1 aliphatic rings. The van der Waals surface area contributed by atoms with Crippen LogP contribution < -0.4 is 30.2 Å². The van der Waals surface area contributed by atoms with E-state index >= 15 is 0 Å². The zero-order valence-corrected chi connectivity index (χ0v) is 36.9. The Morgan fingerprint density at radius 2 is 1.29 bits per heavy atom. The number of amides is 1. The van der Waals surface area contributed by atoms with E-state index in [9.17, 15) is 36.7 Å². The van der Waals surface area contributed by atoms with Gasteiger partial charge >= 0.3 is 16.3 Å². The number of methoxy groups -OCH3 is 1. The zero-order valence-electron chi connectivity index (χ0n) is 34.6. The first-order valence-electron chi connectivity index (χ1n) is 18.6. The molecule has 7 rings (SSSR count). The number of ether oxygens (including phenoxy) is 3. The number of hydrogen-bond donors (Lipinski definition) is 2. The molecule has 0 atom stereocenters. The Bertz CT molecular complexity index is 2990. The Morgan fingerprint density at radius 3 is 1.74 bits per heavy atom. The van der Waals surface area contributed by atoms with Crippen molar-refractivity contribution in [2.75, 3.05) is 29.8 Å².